The molecule has 4 rings (SSSR count). The van der Waals surface area contributed by atoms with Gasteiger partial charge in [0, 0.05) is 20.0 Å². The number of carbonyl (C=O) groups excluding carboxylic acids is 2. The molecule has 0 heterocycles. The van der Waals surface area contributed by atoms with Crippen molar-refractivity contribution in [2.75, 3.05) is 24.2 Å². The standard InChI is InChI=1S/C34H37N3O5S/c1-26-12-10-11-17-29(26)23-36(32(34(39)35-2)22-27-13-6-4-7-14-27)33(38)24-37(43(3,40)41)30-18-20-31(21-19-30)42-25-28-15-8-5-9-16-28/h4-21,32H,22-25H2,1-3H3,(H,35,39)/t32-/m0/s1. The molecule has 0 aliphatic heterocycles. The minimum Gasteiger partial charge on any atom is -0.489 e. The number of sulfonamides is 1. The van der Waals surface area contributed by atoms with Crippen molar-refractivity contribution in [1.29, 1.82) is 0 Å². The van der Waals surface area contributed by atoms with Crippen LogP contribution in [0.5, 0.6) is 5.75 Å². The van der Waals surface area contributed by atoms with Crippen LogP contribution in [-0.2, 0) is 39.2 Å². The summed E-state index contributed by atoms with van der Waals surface area (Å²) < 4.78 is 32.9. The number of aryl methyl sites for hydroxylation is 1. The second kappa shape index (κ2) is 14.5. The first kappa shape index (κ1) is 31.3. The fourth-order valence-electron chi connectivity index (χ4n) is 4.75. The monoisotopic (exact) mass is 599 g/mol. The number of rotatable bonds is 13. The first-order valence-corrected chi connectivity index (χ1v) is 15.8. The van der Waals surface area contributed by atoms with Crippen LogP contribution in [0, 0.1) is 6.92 Å². The molecule has 4 aromatic carbocycles. The number of anilines is 1. The molecule has 0 bridgehead atoms. The zero-order valence-corrected chi connectivity index (χ0v) is 25.5. The van der Waals surface area contributed by atoms with E-state index in [0.29, 0.717) is 18.0 Å². The van der Waals surface area contributed by atoms with E-state index in [9.17, 15) is 18.0 Å². The molecule has 0 spiro atoms. The van der Waals surface area contributed by atoms with Crippen LogP contribution in [0.4, 0.5) is 5.69 Å². The van der Waals surface area contributed by atoms with Crippen molar-refractivity contribution in [3.05, 3.63) is 131 Å². The Morgan fingerprint density at radius 2 is 1.40 bits per heavy atom. The molecule has 43 heavy (non-hydrogen) atoms. The Kier molecular flexibility index (Phi) is 10.6. The van der Waals surface area contributed by atoms with Gasteiger partial charge < -0.3 is 15.0 Å². The third kappa shape index (κ3) is 8.68. The van der Waals surface area contributed by atoms with E-state index in [-0.39, 0.29) is 18.9 Å². The fourth-order valence-corrected chi connectivity index (χ4v) is 5.60. The summed E-state index contributed by atoms with van der Waals surface area (Å²) in [6, 6.07) is 32.5. The lowest BCUT2D eigenvalue weighted by Crippen LogP contribution is -2.53. The predicted octanol–water partition coefficient (Wildman–Crippen LogP) is 4.73. The number of hydrogen-bond donors (Lipinski definition) is 1. The molecule has 0 aliphatic carbocycles. The first-order valence-electron chi connectivity index (χ1n) is 14.0. The number of amides is 2. The Morgan fingerprint density at radius 3 is 1.98 bits per heavy atom. The van der Waals surface area contributed by atoms with Gasteiger partial charge in [-0.2, -0.15) is 0 Å². The lowest BCUT2D eigenvalue weighted by molar-refractivity contribution is -0.139. The van der Waals surface area contributed by atoms with Crippen molar-refractivity contribution in [1.82, 2.24) is 10.2 Å². The van der Waals surface area contributed by atoms with Crippen LogP contribution in [0.1, 0.15) is 22.3 Å². The van der Waals surface area contributed by atoms with E-state index in [1.807, 2.05) is 91.9 Å². The number of carbonyl (C=O) groups is 2. The van der Waals surface area contributed by atoms with Crippen LogP contribution in [0.25, 0.3) is 0 Å². The van der Waals surface area contributed by atoms with Gasteiger partial charge in [0.25, 0.3) is 0 Å². The average Bonchev–Trinajstić information content (AvgIpc) is 3.01. The van der Waals surface area contributed by atoms with Gasteiger partial charge in [-0.15, -0.1) is 0 Å². The molecule has 4 aromatic rings. The first-order chi connectivity index (χ1) is 20.7. The maximum Gasteiger partial charge on any atom is 0.244 e. The van der Waals surface area contributed by atoms with Crippen LogP contribution in [0.2, 0.25) is 0 Å². The molecular formula is C34H37N3O5S. The van der Waals surface area contributed by atoms with E-state index >= 15 is 0 Å². The number of likely N-dealkylation sites (N-methyl/N-ethyl adjacent to an activating group) is 1. The molecule has 0 radical (unpaired) electrons. The van der Waals surface area contributed by atoms with Crippen LogP contribution in [0.15, 0.2) is 109 Å². The highest BCUT2D eigenvalue weighted by Crippen LogP contribution is 2.24. The quantitative estimate of drug-likeness (QED) is 0.240. The minimum absolute atomic E-state index is 0.139. The Hall–Kier alpha value is -4.63. The molecule has 0 aromatic heterocycles. The van der Waals surface area contributed by atoms with Gasteiger partial charge in [0.1, 0.15) is 24.9 Å². The SMILES string of the molecule is CNC(=O)[C@H](Cc1ccccc1)N(Cc1ccccc1C)C(=O)CN(c1ccc(OCc2ccccc2)cc1)S(C)(=O)=O. The van der Waals surface area contributed by atoms with Gasteiger partial charge in [-0.1, -0.05) is 84.9 Å². The van der Waals surface area contributed by atoms with E-state index in [2.05, 4.69) is 5.32 Å². The highest BCUT2D eigenvalue weighted by Gasteiger charge is 2.32. The Balaban J connectivity index is 1.62. The number of nitrogens with zero attached hydrogens (tertiary/aromatic N) is 2. The van der Waals surface area contributed by atoms with Gasteiger partial charge in [0.05, 0.1) is 11.9 Å². The second-order valence-electron chi connectivity index (χ2n) is 10.3. The van der Waals surface area contributed by atoms with E-state index in [1.54, 1.807) is 24.3 Å². The normalized spacial score (nSPS) is 11.8. The molecule has 0 saturated carbocycles. The van der Waals surface area contributed by atoms with E-state index in [1.165, 1.54) is 11.9 Å². The number of benzene rings is 4. The van der Waals surface area contributed by atoms with Gasteiger partial charge in [-0.25, -0.2) is 8.42 Å². The van der Waals surface area contributed by atoms with Crippen molar-refractivity contribution in [2.24, 2.45) is 0 Å². The molecule has 1 N–H and O–H groups in total. The number of nitrogens with one attached hydrogen (secondary N) is 1. The van der Waals surface area contributed by atoms with Gasteiger partial charge >= 0.3 is 0 Å². The molecule has 0 saturated heterocycles. The second-order valence-corrected chi connectivity index (χ2v) is 12.2. The highest BCUT2D eigenvalue weighted by atomic mass is 32.2. The summed E-state index contributed by atoms with van der Waals surface area (Å²) in [5.74, 6) is -0.268. The maximum atomic E-state index is 14.1. The zero-order valence-electron chi connectivity index (χ0n) is 24.6. The molecular weight excluding hydrogens is 562 g/mol. The summed E-state index contributed by atoms with van der Waals surface area (Å²) in [5, 5.41) is 2.69. The van der Waals surface area contributed by atoms with Crippen LogP contribution >= 0.6 is 0 Å². The van der Waals surface area contributed by atoms with Crippen molar-refractivity contribution in [2.45, 2.75) is 32.5 Å². The molecule has 0 aliphatic rings. The van der Waals surface area contributed by atoms with Crippen LogP contribution < -0.4 is 14.4 Å². The van der Waals surface area contributed by atoms with Gasteiger partial charge in [-0.3, -0.25) is 13.9 Å². The summed E-state index contributed by atoms with van der Waals surface area (Å²) >= 11 is 0. The smallest absolute Gasteiger partial charge is 0.244 e. The summed E-state index contributed by atoms with van der Waals surface area (Å²) in [6.07, 6.45) is 1.33. The fraction of sp³-hybridized carbons (Fsp3) is 0.235. The Labute approximate surface area is 254 Å². The van der Waals surface area contributed by atoms with Crippen LogP contribution in [-0.4, -0.2) is 51.0 Å². The van der Waals surface area contributed by atoms with Crippen LogP contribution in [0.3, 0.4) is 0 Å². The molecule has 0 fully saturated rings. The average molecular weight is 600 g/mol. The number of ether oxygens (including phenoxy) is 1. The molecule has 1 atom stereocenters. The van der Waals surface area contributed by atoms with Crippen molar-refractivity contribution < 1.29 is 22.7 Å². The van der Waals surface area contributed by atoms with E-state index in [0.717, 1.165) is 32.8 Å². The van der Waals surface area contributed by atoms with Gasteiger partial charge in [0.2, 0.25) is 21.8 Å². The Morgan fingerprint density at radius 1 is 0.814 bits per heavy atom. The molecule has 0 unspecified atom stereocenters. The van der Waals surface area contributed by atoms with E-state index in [4.69, 9.17) is 4.74 Å². The van der Waals surface area contributed by atoms with Gasteiger partial charge in [-0.05, 0) is 53.4 Å². The largest absolute Gasteiger partial charge is 0.489 e. The molecule has 224 valence electrons. The molecule has 9 heteroatoms. The van der Waals surface area contributed by atoms with Gasteiger partial charge in [0.15, 0.2) is 0 Å². The third-order valence-corrected chi connectivity index (χ3v) is 8.31. The summed E-state index contributed by atoms with van der Waals surface area (Å²) in [7, 11) is -2.33. The maximum absolute atomic E-state index is 14.1. The zero-order chi connectivity index (χ0) is 30.8. The summed E-state index contributed by atoms with van der Waals surface area (Å²) in [6.45, 7) is 1.97. The van der Waals surface area contributed by atoms with Crippen molar-refractivity contribution in [3.8, 4) is 5.75 Å². The highest BCUT2D eigenvalue weighted by molar-refractivity contribution is 7.92. The Bertz CT molecular complexity index is 1610. The van der Waals surface area contributed by atoms with E-state index < -0.39 is 28.5 Å². The summed E-state index contributed by atoms with van der Waals surface area (Å²) in [5.41, 5.74) is 4.03. The topological polar surface area (TPSA) is 96.0 Å². The third-order valence-electron chi connectivity index (χ3n) is 7.17. The number of hydrogen-bond acceptors (Lipinski definition) is 5. The summed E-state index contributed by atoms with van der Waals surface area (Å²) in [4.78, 5) is 28.8. The van der Waals surface area contributed by atoms with Crippen molar-refractivity contribution in [3.63, 3.8) is 0 Å². The lowest BCUT2D eigenvalue weighted by Gasteiger charge is -2.33. The molecule has 8 nitrogen and oxygen atoms in total. The van der Waals surface area contributed by atoms with Crippen molar-refractivity contribution >= 4 is 27.5 Å². The predicted molar refractivity (Wildman–Crippen MR) is 169 cm³/mol. The molecule has 2 amide bonds. The minimum atomic E-state index is -3.86. The lowest BCUT2D eigenvalue weighted by atomic mass is 10.0.